The number of rotatable bonds is 3. The van der Waals surface area contributed by atoms with E-state index >= 15 is 0 Å². The third-order valence-electron chi connectivity index (χ3n) is 4.81. The number of carbonyl (C=O) groups excluding carboxylic acids is 1. The van der Waals surface area contributed by atoms with Crippen LogP contribution in [0.4, 0.5) is 0 Å². The molecule has 0 radical (unpaired) electrons. The van der Waals surface area contributed by atoms with Crippen molar-refractivity contribution in [2.24, 2.45) is 11.8 Å². The third-order valence-corrected chi connectivity index (χ3v) is 5.58. The van der Waals surface area contributed by atoms with Gasteiger partial charge in [-0.1, -0.05) is 6.92 Å². The van der Waals surface area contributed by atoms with Crippen molar-refractivity contribution >= 4 is 17.2 Å². The van der Waals surface area contributed by atoms with Crippen molar-refractivity contribution in [1.29, 1.82) is 0 Å². The minimum absolute atomic E-state index is 0.208. The minimum atomic E-state index is 0.208. The lowest BCUT2D eigenvalue weighted by atomic mass is 9.93. The molecule has 0 unspecified atom stereocenters. The van der Waals surface area contributed by atoms with E-state index in [4.69, 9.17) is 0 Å². The van der Waals surface area contributed by atoms with Crippen molar-refractivity contribution in [2.45, 2.75) is 39.2 Å². The molecule has 0 saturated carbocycles. The van der Waals surface area contributed by atoms with Crippen LogP contribution in [-0.4, -0.2) is 46.9 Å². The fourth-order valence-corrected chi connectivity index (χ4v) is 4.06. The molecule has 1 atom stereocenters. The highest BCUT2D eigenvalue weighted by Crippen LogP contribution is 2.24. The Bertz CT molecular complexity index is 454. The van der Waals surface area contributed by atoms with Crippen LogP contribution in [0.1, 0.15) is 37.5 Å². The maximum Gasteiger partial charge on any atom is 0.226 e. The lowest BCUT2D eigenvalue weighted by Crippen LogP contribution is -2.46. The molecule has 0 aromatic carbocycles. The van der Waals surface area contributed by atoms with Gasteiger partial charge >= 0.3 is 0 Å². The molecule has 3 heterocycles. The zero-order valence-electron chi connectivity index (χ0n) is 12.8. The normalized spacial score (nSPS) is 25.2. The zero-order valence-corrected chi connectivity index (χ0v) is 13.6. The molecule has 0 N–H and O–H groups in total. The van der Waals surface area contributed by atoms with E-state index < -0.39 is 0 Å². The lowest BCUT2D eigenvalue weighted by molar-refractivity contribution is -0.138. The fourth-order valence-electron chi connectivity index (χ4n) is 3.43. The van der Waals surface area contributed by atoms with Crippen LogP contribution in [0.5, 0.6) is 0 Å². The summed E-state index contributed by atoms with van der Waals surface area (Å²) in [7, 11) is 0. The second-order valence-electron chi connectivity index (χ2n) is 6.55. The van der Waals surface area contributed by atoms with E-state index in [1.807, 2.05) is 11.7 Å². The highest BCUT2D eigenvalue weighted by Gasteiger charge is 2.30. The summed E-state index contributed by atoms with van der Waals surface area (Å²) < 4.78 is 0. The van der Waals surface area contributed by atoms with Gasteiger partial charge in [0.2, 0.25) is 5.91 Å². The molecule has 3 rings (SSSR count). The second kappa shape index (κ2) is 6.88. The topological polar surface area (TPSA) is 36.4 Å². The average Bonchev–Trinajstić information content (AvgIpc) is 3.00. The molecule has 0 bridgehead atoms. The van der Waals surface area contributed by atoms with Gasteiger partial charge in [0.15, 0.2) is 0 Å². The second-order valence-corrected chi connectivity index (χ2v) is 7.52. The van der Waals surface area contributed by atoms with E-state index in [0.717, 1.165) is 51.5 Å². The molecule has 2 fully saturated rings. The zero-order chi connectivity index (χ0) is 14.7. The number of thiazole rings is 1. The number of likely N-dealkylation sites (tertiary alicyclic amines) is 2. The Morgan fingerprint density at radius 2 is 2.14 bits per heavy atom. The van der Waals surface area contributed by atoms with Gasteiger partial charge in [0, 0.05) is 37.3 Å². The van der Waals surface area contributed by atoms with Crippen molar-refractivity contribution in [3.63, 3.8) is 0 Å². The Balaban J connectivity index is 1.54. The van der Waals surface area contributed by atoms with Crippen LogP contribution in [-0.2, 0) is 11.3 Å². The summed E-state index contributed by atoms with van der Waals surface area (Å²) in [5, 5.41) is 0. The predicted octanol–water partition coefficient (Wildman–Crippen LogP) is 2.61. The van der Waals surface area contributed by atoms with Crippen LogP contribution < -0.4 is 0 Å². The molecule has 1 aromatic rings. The molecule has 5 heteroatoms. The maximum absolute atomic E-state index is 12.7. The molecule has 2 aliphatic heterocycles. The van der Waals surface area contributed by atoms with E-state index in [0.29, 0.717) is 5.91 Å². The van der Waals surface area contributed by atoms with E-state index in [-0.39, 0.29) is 5.92 Å². The number of piperidine rings is 2. The summed E-state index contributed by atoms with van der Waals surface area (Å²) in [6.45, 7) is 7.20. The molecule has 4 nitrogen and oxygen atoms in total. The first kappa shape index (κ1) is 15.0. The fraction of sp³-hybridized carbons (Fsp3) is 0.750. The number of nitrogens with zero attached hydrogens (tertiary/aromatic N) is 3. The summed E-state index contributed by atoms with van der Waals surface area (Å²) in [6.07, 6.45) is 6.48. The summed E-state index contributed by atoms with van der Waals surface area (Å²) in [6, 6.07) is 0. The minimum Gasteiger partial charge on any atom is -0.342 e. The first-order valence-corrected chi connectivity index (χ1v) is 8.99. The molecular formula is C16H25N3OS. The van der Waals surface area contributed by atoms with Gasteiger partial charge in [-0.2, -0.15) is 0 Å². The van der Waals surface area contributed by atoms with Gasteiger partial charge in [0.05, 0.1) is 11.4 Å². The van der Waals surface area contributed by atoms with E-state index in [2.05, 4.69) is 21.7 Å². The first-order chi connectivity index (χ1) is 10.2. The van der Waals surface area contributed by atoms with Crippen molar-refractivity contribution in [2.75, 3.05) is 26.2 Å². The first-order valence-electron chi connectivity index (χ1n) is 8.11. The SMILES string of the molecule is CC1CCN(C(=O)[C@@H]2CCCN(Cc3cncs3)C2)CC1. The Morgan fingerprint density at radius 1 is 1.33 bits per heavy atom. The number of amides is 1. The Morgan fingerprint density at radius 3 is 2.86 bits per heavy atom. The molecule has 2 saturated heterocycles. The van der Waals surface area contributed by atoms with Crippen LogP contribution in [0.2, 0.25) is 0 Å². The van der Waals surface area contributed by atoms with E-state index in [1.54, 1.807) is 11.3 Å². The average molecular weight is 307 g/mol. The maximum atomic E-state index is 12.7. The molecule has 1 aromatic heterocycles. The number of hydrogen-bond acceptors (Lipinski definition) is 4. The van der Waals surface area contributed by atoms with Gasteiger partial charge in [0.1, 0.15) is 0 Å². The van der Waals surface area contributed by atoms with Gasteiger partial charge in [-0.3, -0.25) is 14.7 Å². The highest BCUT2D eigenvalue weighted by molar-refractivity contribution is 7.09. The Hall–Kier alpha value is -0.940. The monoisotopic (exact) mass is 307 g/mol. The quantitative estimate of drug-likeness (QED) is 0.861. The molecule has 2 aliphatic rings. The van der Waals surface area contributed by atoms with Gasteiger partial charge in [-0.25, -0.2) is 0 Å². The van der Waals surface area contributed by atoms with Gasteiger partial charge in [0.25, 0.3) is 0 Å². The van der Waals surface area contributed by atoms with Crippen LogP contribution in [0.3, 0.4) is 0 Å². The van der Waals surface area contributed by atoms with Crippen molar-refractivity contribution < 1.29 is 4.79 Å². The largest absolute Gasteiger partial charge is 0.342 e. The standard InChI is InChI=1S/C16H25N3OS/c1-13-4-7-19(8-5-13)16(20)14-3-2-6-18(10-14)11-15-9-17-12-21-15/h9,12-14H,2-8,10-11H2,1H3/t14-/m1/s1. The van der Waals surface area contributed by atoms with Crippen LogP contribution in [0.25, 0.3) is 0 Å². The summed E-state index contributed by atoms with van der Waals surface area (Å²) >= 11 is 1.71. The number of hydrogen-bond donors (Lipinski definition) is 0. The summed E-state index contributed by atoms with van der Waals surface area (Å²) in [4.78, 5) is 22.7. The molecule has 0 aliphatic carbocycles. The molecular weight excluding hydrogens is 282 g/mol. The van der Waals surface area contributed by atoms with Crippen molar-refractivity contribution in [3.8, 4) is 0 Å². The molecule has 21 heavy (non-hydrogen) atoms. The predicted molar refractivity (Wildman–Crippen MR) is 85.1 cm³/mol. The smallest absolute Gasteiger partial charge is 0.226 e. The summed E-state index contributed by atoms with van der Waals surface area (Å²) in [5.41, 5.74) is 1.89. The highest BCUT2D eigenvalue weighted by atomic mass is 32.1. The van der Waals surface area contributed by atoms with Gasteiger partial charge < -0.3 is 4.90 Å². The third kappa shape index (κ3) is 3.83. The number of carbonyl (C=O) groups is 1. The van der Waals surface area contributed by atoms with E-state index in [1.165, 1.54) is 17.7 Å². The molecule has 1 amide bonds. The van der Waals surface area contributed by atoms with E-state index in [9.17, 15) is 4.79 Å². The van der Waals surface area contributed by atoms with Crippen LogP contribution >= 0.6 is 11.3 Å². The Kier molecular flexibility index (Phi) is 4.91. The van der Waals surface area contributed by atoms with Crippen molar-refractivity contribution in [3.05, 3.63) is 16.6 Å². The van der Waals surface area contributed by atoms with Gasteiger partial charge in [-0.05, 0) is 38.1 Å². The van der Waals surface area contributed by atoms with Gasteiger partial charge in [-0.15, -0.1) is 11.3 Å². The lowest BCUT2D eigenvalue weighted by Gasteiger charge is -2.37. The molecule has 0 spiro atoms. The number of aromatic nitrogens is 1. The molecule has 116 valence electrons. The van der Waals surface area contributed by atoms with Crippen molar-refractivity contribution in [1.82, 2.24) is 14.8 Å². The Labute approximate surface area is 131 Å². The van der Waals surface area contributed by atoms with Crippen LogP contribution in [0, 0.1) is 11.8 Å². The summed E-state index contributed by atoms with van der Waals surface area (Å²) in [5.74, 6) is 1.39. The van der Waals surface area contributed by atoms with Crippen LogP contribution in [0.15, 0.2) is 11.7 Å².